The molecule has 0 bridgehead atoms. The van der Waals surface area contributed by atoms with Gasteiger partial charge in [0.25, 0.3) is 0 Å². The van der Waals surface area contributed by atoms with Gasteiger partial charge in [-0.2, -0.15) is 0 Å². The number of alkyl halides is 1. The number of nitrogens with zero attached hydrogens (tertiary/aromatic N) is 1. The molecule has 1 aromatic carbocycles. The standard InChI is InChI=1S/C14H19Br2NO/c1-18-14-3-2-12(8-13(14)16)10-17-7-5-11(9-17)4-6-15/h2-3,8,11H,4-7,9-10H2,1H3. The summed E-state index contributed by atoms with van der Waals surface area (Å²) in [5, 5.41) is 1.12. The quantitative estimate of drug-likeness (QED) is 0.718. The molecular weight excluding hydrogens is 358 g/mol. The van der Waals surface area contributed by atoms with Crippen molar-refractivity contribution in [3.63, 3.8) is 0 Å². The number of hydrogen-bond donors (Lipinski definition) is 0. The second-order valence-corrected chi connectivity index (χ2v) is 6.48. The monoisotopic (exact) mass is 375 g/mol. The van der Waals surface area contributed by atoms with Crippen molar-refractivity contribution in [1.82, 2.24) is 4.90 Å². The van der Waals surface area contributed by atoms with Crippen LogP contribution in [0, 0.1) is 5.92 Å². The third-order valence-corrected chi connectivity index (χ3v) is 4.59. The van der Waals surface area contributed by atoms with Crippen LogP contribution in [0.3, 0.4) is 0 Å². The highest BCUT2D eigenvalue weighted by atomic mass is 79.9. The molecule has 1 aromatic rings. The van der Waals surface area contributed by atoms with E-state index in [4.69, 9.17) is 4.74 Å². The first-order valence-electron chi connectivity index (χ1n) is 6.33. The van der Waals surface area contributed by atoms with Gasteiger partial charge in [0.2, 0.25) is 0 Å². The summed E-state index contributed by atoms with van der Waals surface area (Å²) in [6.45, 7) is 3.50. The Labute approximate surface area is 126 Å². The second kappa shape index (κ2) is 6.92. The Bertz CT molecular complexity index is 397. The maximum Gasteiger partial charge on any atom is 0.133 e. The Hall–Kier alpha value is -0.0600. The molecule has 4 heteroatoms. The average molecular weight is 377 g/mol. The minimum absolute atomic E-state index is 0.867. The van der Waals surface area contributed by atoms with Crippen molar-refractivity contribution in [3.05, 3.63) is 28.2 Å². The molecule has 0 aromatic heterocycles. The Morgan fingerprint density at radius 1 is 1.44 bits per heavy atom. The minimum Gasteiger partial charge on any atom is -0.496 e. The number of benzene rings is 1. The smallest absolute Gasteiger partial charge is 0.133 e. The van der Waals surface area contributed by atoms with Crippen LogP contribution in [0.25, 0.3) is 0 Å². The van der Waals surface area contributed by atoms with Gasteiger partial charge in [0, 0.05) is 18.4 Å². The topological polar surface area (TPSA) is 12.5 Å². The van der Waals surface area contributed by atoms with E-state index in [1.54, 1.807) is 7.11 Å². The normalized spacial score (nSPS) is 20.3. The highest BCUT2D eigenvalue weighted by molar-refractivity contribution is 9.10. The summed E-state index contributed by atoms with van der Waals surface area (Å²) in [5.74, 6) is 1.77. The van der Waals surface area contributed by atoms with E-state index in [0.717, 1.165) is 28.0 Å². The molecule has 2 rings (SSSR count). The fourth-order valence-electron chi connectivity index (χ4n) is 2.51. The van der Waals surface area contributed by atoms with Crippen LogP contribution in [-0.4, -0.2) is 30.4 Å². The van der Waals surface area contributed by atoms with Crippen molar-refractivity contribution >= 4 is 31.9 Å². The van der Waals surface area contributed by atoms with E-state index >= 15 is 0 Å². The second-order valence-electron chi connectivity index (χ2n) is 4.84. The highest BCUT2D eigenvalue weighted by Gasteiger charge is 2.21. The summed E-state index contributed by atoms with van der Waals surface area (Å²) in [7, 11) is 1.70. The van der Waals surface area contributed by atoms with Gasteiger partial charge in [-0.3, -0.25) is 4.90 Å². The lowest BCUT2D eigenvalue weighted by Crippen LogP contribution is -2.20. The Morgan fingerprint density at radius 2 is 2.28 bits per heavy atom. The molecule has 0 aliphatic carbocycles. The lowest BCUT2D eigenvalue weighted by atomic mass is 10.1. The molecule has 1 aliphatic heterocycles. The number of hydrogen-bond acceptors (Lipinski definition) is 2. The summed E-state index contributed by atoms with van der Waals surface area (Å²) < 4.78 is 6.29. The van der Waals surface area contributed by atoms with Crippen molar-refractivity contribution < 1.29 is 4.74 Å². The van der Waals surface area contributed by atoms with Gasteiger partial charge in [-0.1, -0.05) is 22.0 Å². The van der Waals surface area contributed by atoms with E-state index in [1.165, 1.54) is 31.5 Å². The number of rotatable bonds is 5. The zero-order valence-electron chi connectivity index (χ0n) is 10.7. The van der Waals surface area contributed by atoms with Gasteiger partial charge in [-0.25, -0.2) is 0 Å². The summed E-state index contributed by atoms with van der Waals surface area (Å²) >= 11 is 7.08. The van der Waals surface area contributed by atoms with Crippen LogP contribution in [-0.2, 0) is 6.54 Å². The third-order valence-electron chi connectivity index (χ3n) is 3.51. The van der Waals surface area contributed by atoms with E-state index < -0.39 is 0 Å². The van der Waals surface area contributed by atoms with Gasteiger partial charge < -0.3 is 4.74 Å². The number of ether oxygens (including phenoxy) is 1. The Kier molecular flexibility index (Phi) is 5.52. The van der Waals surface area contributed by atoms with E-state index in [2.05, 4.69) is 48.9 Å². The molecule has 0 amide bonds. The van der Waals surface area contributed by atoms with Gasteiger partial charge in [-0.05, 0) is 58.9 Å². The predicted octanol–water partition coefficient (Wildman–Crippen LogP) is 4.06. The van der Waals surface area contributed by atoms with Crippen LogP contribution in [0.4, 0.5) is 0 Å². The van der Waals surface area contributed by atoms with Gasteiger partial charge in [-0.15, -0.1) is 0 Å². The molecule has 1 fully saturated rings. The SMILES string of the molecule is COc1ccc(CN2CCC(CCBr)C2)cc1Br. The molecule has 0 radical (unpaired) electrons. The zero-order chi connectivity index (χ0) is 13.0. The Balaban J connectivity index is 1.92. The van der Waals surface area contributed by atoms with Crippen LogP contribution in [0.15, 0.2) is 22.7 Å². The molecule has 100 valence electrons. The van der Waals surface area contributed by atoms with E-state index in [-0.39, 0.29) is 0 Å². The largest absolute Gasteiger partial charge is 0.496 e. The summed E-state index contributed by atoms with van der Waals surface area (Å²) in [4.78, 5) is 2.54. The van der Waals surface area contributed by atoms with Crippen molar-refractivity contribution in [2.75, 3.05) is 25.5 Å². The highest BCUT2D eigenvalue weighted by Crippen LogP contribution is 2.27. The van der Waals surface area contributed by atoms with E-state index in [9.17, 15) is 0 Å². The van der Waals surface area contributed by atoms with Crippen molar-refractivity contribution in [2.45, 2.75) is 19.4 Å². The van der Waals surface area contributed by atoms with Gasteiger partial charge >= 0.3 is 0 Å². The first kappa shape index (κ1) is 14.4. The number of methoxy groups -OCH3 is 1. The van der Waals surface area contributed by atoms with Crippen LogP contribution in [0.1, 0.15) is 18.4 Å². The minimum atomic E-state index is 0.867. The lowest BCUT2D eigenvalue weighted by Gasteiger charge is -2.16. The molecule has 2 nitrogen and oxygen atoms in total. The molecule has 0 spiro atoms. The van der Waals surface area contributed by atoms with Crippen LogP contribution < -0.4 is 4.74 Å². The maximum atomic E-state index is 5.25. The average Bonchev–Trinajstić information content (AvgIpc) is 2.77. The first-order chi connectivity index (χ1) is 8.72. The maximum absolute atomic E-state index is 5.25. The summed E-state index contributed by atoms with van der Waals surface area (Å²) in [6.07, 6.45) is 2.63. The summed E-state index contributed by atoms with van der Waals surface area (Å²) in [5.41, 5.74) is 1.35. The van der Waals surface area contributed by atoms with Crippen LogP contribution in [0.5, 0.6) is 5.75 Å². The van der Waals surface area contributed by atoms with Gasteiger partial charge in [0.1, 0.15) is 5.75 Å². The third kappa shape index (κ3) is 3.72. The molecule has 0 N–H and O–H groups in total. The number of halogens is 2. The van der Waals surface area contributed by atoms with E-state index in [0.29, 0.717) is 0 Å². The van der Waals surface area contributed by atoms with E-state index in [1.807, 2.05) is 6.07 Å². The lowest BCUT2D eigenvalue weighted by molar-refractivity contribution is 0.315. The van der Waals surface area contributed by atoms with Crippen molar-refractivity contribution in [3.8, 4) is 5.75 Å². The molecular formula is C14H19Br2NO. The molecule has 1 atom stereocenters. The van der Waals surface area contributed by atoms with Crippen molar-refractivity contribution in [1.29, 1.82) is 0 Å². The van der Waals surface area contributed by atoms with Crippen LogP contribution >= 0.6 is 31.9 Å². The fourth-order valence-corrected chi connectivity index (χ4v) is 3.75. The van der Waals surface area contributed by atoms with Crippen LogP contribution in [0.2, 0.25) is 0 Å². The van der Waals surface area contributed by atoms with Gasteiger partial charge in [0.15, 0.2) is 0 Å². The first-order valence-corrected chi connectivity index (χ1v) is 8.25. The van der Waals surface area contributed by atoms with Gasteiger partial charge in [0.05, 0.1) is 11.6 Å². The zero-order valence-corrected chi connectivity index (χ0v) is 13.8. The fraction of sp³-hybridized carbons (Fsp3) is 0.571. The molecule has 0 saturated carbocycles. The molecule has 1 aliphatic rings. The molecule has 1 unspecified atom stereocenters. The van der Waals surface area contributed by atoms with Crippen molar-refractivity contribution in [2.24, 2.45) is 5.92 Å². The molecule has 1 saturated heterocycles. The summed E-state index contributed by atoms with van der Waals surface area (Å²) in [6, 6.07) is 6.35. The Morgan fingerprint density at radius 3 is 2.94 bits per heavy atom. The number of likely N-dealkylation sites (tertiary alicyclic amines) is 1. The molecule has 18 heavy (non-hydrogen) atoms. The predicted molar refractivity (Wildman–Crippen MR) is 82.5 cm³/mol. The molecule has 1 heterocycles.